The van der Waals surface area contributed by atoms with Crippen LogP contribution in [0.25, 0.3) is 21.9 Å². The van der Waals surface area contributed by atoms with Crippen molar-refractivity contribution in [3.8, 4) is 5.75 Å². The van der Waals surface area contributed by atoms with Crippen LogP contribution in [0.2, 0.25) is 0 Å². The first-order chi connectivity index (χ1) is 12.1. The van der Waals surface area contributed by atoms with Gasteiger partial charge in [0.1, 0.15) is 11.3 Å². The van der Waals surface area contributed by atoms with Crippen molar-refractivity contribution in [1.29, 1.82) is 0 Å². The maximum absolute atomic E-state index is 12.6. The number of rotatable bonds is 2. The van der Waals surface area contributed by atoms with E-state index in [-0.39, 0.29) is 0 Å². The van der Waals surface area contributed by atoms with Crippen LogP contribution in [0.5, 0.6) is 5.75 Å². The van der Waals surface area contributed by atoms with E-state index in [0.717, 1.165) is 21.9 Å². The van der Waals surface area contributed by atoms with Crippen molar-refractivity contribution in [1.82, 2.24) is 4.98 Å². The Morgan fingerprint density at radius 1 is 1.04 bits per heavy atom. The highest BCUT2D eigenvalue weighted by Gasteiger charge is 2.13. The van der Waals surface area contributed by atoms with Gasteiger partial charge < -0.3 is 9.15 Å². The average molecular weight is 331 g/mol. The molecule has 0 aliphatic carbocycles. The van der Waals surface area contributed by atoms with Crippen LogP contribution >= 0.6 is 0 Å². The molecule has 4 rings (SSSR count). The number of carbonyl (C=O) groups is 1. The minimum absolute atomic E-state index is 0.312. The average Bonchev–Trinajstić information content (AvgIpc) is 2.60. The number of ether oxygens (including phenoxy) is 1. The van der Waals surface area contributed by atoms with E-state index in [2.05, 4.69) is 4.98 Å². The lowest BCUT2D eigenvalue weighted by molar-refractivity contribution is 0.0737. The number of hydrogen-bond acceptors (Lipinski definition) is 5. The summed E-state index contributed by atoms with van der Waals surface area (Å²) < 4.78 is 10.7. The van der Waals surface area contributed by atoms with Crippen LogP contribution in [-0.4, -0.2) is 11.0 Å². The molecular weight excluding hydrogens is 318 g/mol. The van der Waals surface area contributed by atoms with Crippen LogP contribution in [0.15, 0.2) is 70.0 Å². The highest BCUT2D eigenvalue weighted by atomic mass is 16.5. The molecule has 0 aliphatic heterocycles. The third-order valence-electron chi connectivity index (χ3n) is 4.00. The molecule has 0 fully saturated rings. The molecule has 122 valence electrons. The third kappa shape index (κ3) is 2.76. The number of aromatic nitrogens is 1. The van der Waals surface area contributed by atoms with Crippen LogP contribution in [0, 0.1) is 6.92 Å². The number of pyridine rings is 1. The van der Waals surface area contributed by atoms with Gasteiger partial charge in [-0.15, -0.1) is 0 Å². The van der Waals surface area contributed by atoms with Crippen molar-refractivity contribution >= 4 is 27.8 Å². The second-order valence-corrected chi connectivity index (χ2v) is 5.67. The van der Waals surface area contributed by atoms with Crippen molar-refractivity contribution < 1.29 is 13.9 Å². The minimum Gasteiger partial charge on any atom is -0.423 e. The van der Waals surface area contributed by atoms with Gasteiger partial charge >= 0.3 is 11.6 Å². The van der Waals surface area contributed by atoms with Gasteiger partial charge in [0.15, 0.2) is 0 Å². The fraction of sp³-hybridized carbons (Fsp3) is 0.0500. The standard InChI is InChI=1S/C20H13NO4/c1-12-10-19(22)25-18-11-13(7-8-14(12)18)24-20(23)16-4-2-6-17-15(16)5-3-9-21-17/h2-11H,1H3. The molecule has 0 atom stereocenters. The summed E-state index contributed by atoms with van der Waals surface area (Å²) in [4.78, 5) is 28.3. The van der Waals surface area contributed by atoms with E-state index in [1.807, 2.05) is 19.1 Å². The maximum Gasteiger partial charge on any atom is 0.344 e. The molecule has 5 heteroatoms. The first-order valence-corrected chi connectivity index (χ1v) is 7.72. The summed E-state index contributed by atoms with van der Waals surface area (Å²) in [6.45, 7) is 1.83. The van der Waals surface area contributed by atoms with Gasteiger partial charge in [-0.25, -0.2) is 9.59 Å². The second-order valence-electron chi connectivity index (χ2n) is 5.67. The predicted molar refractivity (Wildman–Crippen MR) is 93.9 cm³/mol. The summed E-state index contributed by atoms with van der Waals surface area (Å²) >= 11 is 0. The number of carbonyl (C=O) groups excluding carboxylic acids is 1. The molecule has 0 unspecified atom stereocenters. The second kappa shape index (κ2) is 5.87. The largest absolute Gasteiger partial charge is 0.423 e. The molecule has 0 amide bonds. The molecule has 0 N–H and O–H groups in total. The molecule has 25 heavy (non-hydrogen) atoms. The Morgan fingerprint density at radius 3 is 2.80 bits per heavy atom. The number of nitrogens with zero attached hydrogens (tertiary/aromatic N) is 1. The number of esters is 1. The third-order valence-corrected chi connectivity index (χ3v) is 4.00. The molecule has 0 spiro atoms. The maximum atomic E-state index is 12.6. The fourth-order valence-corrected chi connectivity index (χ4v) is 2.81. The first kappa shape index (κ1) is 15.1. The molecule has 0 radical (unpaired) electrons. The van der Waals surface area contributed by atoms with Crippen molar-refractivity contribution in [2.75, 3.05) is 0 Å². The lowest BCUT2D eigenvalue weighted by Gasteiger charge is -2.08. The van der Waals surface area contributed by atoms with Crippen molar-refractivity contribution in [2.24, 2.45) is 0 Å². The summed E-state index contributed by atoms with van der Waals surface area (Å²) in [6.07, 6.45) is 1.67. The summed E-state index contributed by atoms with van der Waals surface area (Å²) in [5.74, 6) is -0.180. The Kier molecular flexibility index (Phi) is 3.54. The van der Waals surface area contributed by atoms with E-state index in [4.69, 9.17) is 9.15 Å². The van der Waals surface area contributed by atoms with E-state index >= 15 is 0 Å². The zero-order chi connectivity index (χ0) is 17.4. The van der Waals surface area contributed by atoms with Crippen LogP contribution in [0.3, 0.4) is 0 Å². The zero-order valence-electron chi connectivity index (χ0n) is 13.4. The van der Waals surface area contributed by atoms with Gasteiger partial charge in [0.2, 0.25) is 0 Å². The Labute approximate surface area is 142 Å². The minimum atomic E-state index is -0.493. The first-order valence-electron chi connectivity index (χ1n) is 7.72. The summed E-state index contributed by atoms with van der Waals surface area (Å²) in [5, 5.41) is 1.52. The summed E-state index contributed by atoms with van der Waals surface area (Å²) in [7, 11) is 0. The quantitative estimate of drug-likeness (QED) is 0.317. The van der Waals surface area contributed by atoms with Crippen molar-refractivity contribution in [3.63, 3.8) is 0 Å². The van der Waals surface area contributed by atoms with Gasteiger partial charge in [0.25, 0.3) is 0 Å². The molecule has 4 aromatic rings. The van der Waals surface area contributed by atoms with Gasteiger partial charge in [0, 0.05) is 29.1 Å². The van der Waals surface area contributed by atoms with Crippen molar-refractivity contribution in [3.05, 3.63) is 82.3 Å². The molecule has 2 aromatic heterocycles. The van der Waals surface area contributed by atoms with Crippen molar-refractivity contribution in [2.45, 2.75) is 6.92 Å². The molecule has 0 bridgehead atoms. The highest BCUT2D eigenvalue weighted by molar-refractivity contribution is 6.04. The van der Waals surface area contributed by atoms with E-state index in [1.54, 1.807) is 42.6 Å². The van der Waals surface area contributed by atoms with E-state index in [1.165, 1.54) is 6.07 Å². The lowest BCUT2D eigenvalue weighted by atomic mass is 10.1. The van der Waals surface area contributed by atoms with Crippen LogP contribution < -0.4 is 10.4 Å². The predicted octanol–water partition coefficient (Wildman–Crippen LogP) is 3.87. The highest BCUT2D eigenvalue weighted by Crippen LogP contribution is 2.24. The Morgan fingerprint density at radius 2 is 1.92 bits per heavy atom. The summed E-state index contributed by atoms with van der Waals surface area (Å²) in [6, 6.07) is 15.3. The zero-order valence-corrected chi connectivity index (χ0v) is 13.4. The van der Waals surface area contributed by atoms with Crippen LogP contribution in [0.4, 0.5) is 0 Å². The lowest BCUT2D eigenvalue weighted by Crippen LogP contribution is -2.09. The molecule has 2 aromatic carbocycles. The van der Waals surface area contributed by atoms with E-state index < -0.39 is 11.6 Å². The smallest absolute Gasteiger partial charge is 0.344 e. The Hall–Kier alpha value is -3.47. The number of fused-ring (bicyclic) bond motifs is 2. The monoisotopic (exact) mass is 331 g/mol. The van der Waals surface area contributed by atoms with Gasteiger partial charge in [-0.3, -0.25) is 4.98 Å². The van der Waals surface area contributed by atoms with E-state index in [9.17, 15) is 9.59 Å². The topological polar surface area (TPSA) is 69.4 Å². The van der Waals surface area contributed by atoms with Gasteiger partial charge in [0.05, 0.1) is 11.1 Å². The molecule has 0 saturated carbocycles. The molecule has 2 heterocycles. The molecule has 0 saturated heterocycles. The molecular formula is C20H13NO4. The van der Waals surface area contributed by atoms with Gasteiger partial charge in [-0.05, 0) is 42.8 Å². The van der Waals surface area contributed by atoms with Crippen LogP contribution in [-0.2, 0) is 0 Å². The van der Waals surface area contributed by atoms with Gasteiger partial charge in [-0.1, -0.05) is 12.1 Å². The fourth-order valence-electron chi connectivity index (χ4n) is 2.81. The molecule has 0 aliphatic rings. The van der Waals surface area contributed by atoms with Gasteiger partial charge in [-0.2, -0.15) is 0 Å². The number of aryl methyl sites for hydroxylation is 1. The van der Waals surface area contributed by atoms with E-state index in [0.29, 0.717) is 16.9 Å². The Balaban J connectivity index is 1.73. The Bertz CT molecular complexity index is 1170. The number of benzene rings is 2. The normalized spacial score (nSPS) is 10.9. The van der Waals surface area contributed by atoms with Crippen LogP contribution in [0.1, 0.15) is 15.9 Å². The molecule has 5 nitrogen and oxygen atoms in total. The SMILES string of the molecule is Cc1cc(=O)oc2cc(OC(=O)c3cccc4ncccc34)ccc12. The number of hydrogen-bond donors (Lipinski definition) is 0. The summed E-state index contributed by atoms with van der Waals surface area (Å²) in [5.41, 5.74) is 1.90.